The molecule has 0 radical (unpaired) electrons. The van der Waals surface area contributed by atoms with Crippen molar-refractivity contribution >= 4 is 23.2 Å². The molecule has 0 spiro atoms. The minimum absolute atomic E-state index is 0.452. The number of nitrogens with zero attached hydrogens (tertiary/aromatic N) is 1. The maximum absolute atomic E-state index is 5.72. The van der Waals surface area contributed by atoms with Crippen LogP contribution in [0.3, 0.4) is 0 Å². The lowest BCUT2D eigenvalue weighted by molar-refractivity contribution is 1.22. The third kappa shape index (κ3) is 1.41. The van der Waals surface area contributed by atoms with Gasteiger partial charge in [-0.15, -0.1) is 0 Å². The Bertz CT molecular complexity index is 235. The standard InChI is InChI=1S/C7H7Cl2N/c1-4-3-6(8)10-7(9)5(4)2/h3H,1-2H3. The van der Waals surface area contributed by atoms with Gasteiger partial charge < -0.3 is 0 Å². The molecule has 1 aromatic rings. The zero-order valence-electron chi connectivity index (χ0n) is 5.78. The summed E-state index contributed by atoms with van der Waals surface area (Å²) < 4.78 is 0. The molecule has 0 saturated heterocycles. The molecule has 0 bridgehead atoms. The minimum atomic E-state index is 0.452. The first-order chi connectivity index (χ1) is 4.61. The zero-order valence-corrected chi connectivity index (χ0v) is 7.29. The van der Waals surface area contributed by atoms with Gasteiger partial charge >= 0.3 is 0 Å². The van der Waals surface area contributed by atoms with Gasteiger partial charge in [-0.2, -0.15) is 0 Å². The van der Waals surface area contributed by atoms with Crippen LogP contribution in [0, 0.1) is 13.8 Å². The van der Waals surface area contributed by atoms with E-state index in [1.165, 1.54) is 0 Å². The van der Waals surface area contributed by atoms with Crippen LogP contribution in [-0.4, -0.2) is 4.98 Å². The average molecular weight is 176 g/mol. The fourth-order valence-electron chi connectivity index (χ4n) is 0.660. The predicted octanol–water partition coefficient (Wildman–Crippen LogP) is 3.01. The van der Waals surface area contributed by atoms with Crippen LogP contribution < -0.4 is 0 Å². The van der Waals surface area contributed by atoms with Crippen LogP contribution in [0.2, 0.25) is 10.3 Å². The summed E-state index contributed by atoms with van der Waals surface area (Å²) in [7, 11) is 0. The number of aromatic nitrogens is 1. The van der Waals surface area contributed by atoms with E-state index in [1.54, 1.807) is 6.07 Å². The number of hydrogen-bond donors (Lipinski definition) is 0. The van der Waals surface area contributed by atoms with Gasteiger partial charge in [0.1, 0.15) is 10.3 Å². The van der Waals surface area contributed by atoms with Gasteiger partial charge in [-0.1, -0.05) is 23.2 Å². The molecule has 0 atom stereocenters. The average Bonchev–Trinajstić information content (AvgIpc) is 1.82. The van der Waals surface area contributed by atoms with E-state index in [0.29, 0.717) is 10.3 Å². The lowest BCUT2D eigenvalue weighted by Crippen LogP contribution is -1.86. The number of hydrogen-bond acceptors (Lipinski definition) is 1. The molecule has 0 saturated carbocycles. The molecule has 3 heteroatoms. The van der Waals surface area contributed by atoms with Crippen molar-refractivity contribution in [3.8, 4) is 0 Å². The Morgan fingerprint density at radius 2 is 1.90 bits per heavy atom. The van der Waals surface area contributed by atoms with E-state index in [-0.39, 0.29) is 0 Å². The van der Waals surface area contributed by atoms with Gasteiger partial charge in [0.05, 0.1) is 0 Å². The summed E-state index contributed by atoms with van der Waals surface area (Å²) in [6.07, 6.45) is 0. The Labute approximate surface area is 70.0 Å². The van der Waals surface area contributed by atoms with E-state index in [0.717, 1.165) is 11.1 Å². The Kier molecular flexibility index (Phi) is 2.17. The molecule has 1 nitrogen and oxygen atoms in total. The highest BCUT2D eigenvalue weighted by Crippen LogP contribution is 2.19. The molecule has 0 aromatic carbocycles. The fourth-order valence-corrected chi connectivity index (χ4v) is 1.19. The molecular weight excluding hydrogens is 169 g/mol. The highest BCUT2D eigenvalue weighted by molar-refractivity contribution is 6.32. The summed E-state index contributed by atoms with van der Waals surface area (Å²) in [5, 5.41) is 0.943. The van der Waals surface area contributed by atoms with E-state index in [1.807, 2.05) is 13.8 Å². The van der Waals surface area contributed by atoms with Crippen LogP contribution in [0.15, 0.2) is 6.07 Å². The van der Waals surface area contributed by atoms with Crippen molar-refractivity contribution in [2.24, 2.45) is 0 Å². The molecule has 10 heavy (non-hydrogen) atoms. The van der Waals surface area contributed by atoms with E-state index in [4.69, 9.17) is 23.2 Å². The van der Waals surface area contributed by atoms with Crippen molar-refractivity contribution in [3.05, 3.63) is 27.5 Å². The first-order valence-electron chi connectivity index (χ1n) is 2.90. The molecule has 54 valence electrons. The maximum Gasteiger partial charge on any atom is 0.133 e. The summed E-state index contributed by atoms with van der Waals surface area (Å²) in [6.45, 7) is 3.87. The van der Waals surface area contributed by atoms with Gasteiger partial charge in [-0.3, -0.25) is 0 Å². The van der Waals surface area contributed by atoms with E-state index >= 15 is 0 Å². The lowest BCUT2D eigenvalue weighted by Gasteiger charge is -2.00. The van der Waals surface area contributed by atoms with Crippen molar-refractivity contribution in [1.29, 1.82) is 0 Å². The largest absolute Gasteiger partial charge is 0.224 e. The maximum atomic E-state index is 5.72. The highest BCUT2D eigenvalue weighted by Gasteiger charge is 2.00. The van der Waals surface area contributed by atoms with Gasteiger partial charge in [0.2, 0.25) is 0 Å². The third-order valence-electron chi connectivity index (χ3n) is 1.44. The van der Waals surface area contributed by atoms with Gasteiger partial charge in [0, 0.05) is 0 Å². The summed E-state index contributed by atoms with van der Waals surface area (Å²) in [5.41, 5.74) is 2.07. The molecule has 0 unspecified atom stereocenters. The van der Waals surface area contributed by atoms with Crippen LogP contribution >= 0.6 is 23.2 Å². The second kappa shape index (κ2) is 2.77. The number of halogens is 2. The molecule has 1 heterocycles. The number of pyridine rings is 1. The monoisotopic (exact) mass is 175 g/mol. The molecule has 1 aromatic heterocycles. The molecule has 1 rings (SSSR count). The topological polar surface area (TPSA) is 12.9 Å². The molecule has 0 N–H and O–H groups in total. The molecule has 0 aliphatic heterocycles. The highest BCUT2D eigenvalue weighted by atomic mass is 35.5. The second-order valence-electron chi connectivity index (χ2n) is 2.18. The smallest absolute Gasteiger partial charge is 0.133 e. The fraction of sp³-hybridized carbons (Fsp3) is 0.286. The zero-order chi connectivity index (χ0) is 7.72. The Hall–Kier alpha value is -0.270. The van der Waals surface area contributed by atoms with Crippen molar-refractivity contribution in [3.63, 3.8) is 0 Å². The quantitative estimate of drug-likeness (QED) is 0.553. The Balaban J connectivity index is 3.31. The van der Waals surface area contributed by atoms with Crippen molar-refractivity contribution in [1.82, 2.24) is 4.98 Å². The number of aryl methyl sites for hydroxylation is 1. The van der Waals surface area contributed by atoms with Crippen LogP contribution in [0.25, 0.3) is 0 Å². The molecule has 0 aliphatic rings. The predicted molar refractivity (Wildman–Crippen MR) is 43.7 cm³/mol. The third-order valence-corrected chi connectivity index (χ3v) is 2.00. The summed E-state index contributed by atoms with van der Waals surface area (Å²) in [6, 6.07) is 1.79. The molecular formula is C7H7Cl2N. The minimum Gasteiger partial charge on any atom is -0.224 e. The van der Waals surface area contributed by atoms with E-state index in [9.17, 15) is 0 Å². The van der Waals surface area contributed by atoms with Gasteiger partial charge in [-0.25, -0.2) is 4.98 Å². The van der Waals surface area contributed by atoms with Gasteiger partial charge in [-0.05, 0) is 31.0 Å². The van der Waals surface area contributed by atoms with Gasteiger partial charge in [0.15, 0.2) is 0 Å². The lowest BCUT2D eigenvalue weighted by atomic mass is 10.2. The van der Waals surface area contributed by atoms with Crippen LogP contribution in [0.1, 0.15) is 11.1 Å². The Morgan fingerprint density at radius 1 is 1.30 bits per heavy atom. The van der Waals surface area contributed by atoms with Crippen molar-refractivity contribution in [2.75, 3.05) is 0 Å². The summed E-state index contributed by atoms with van der Waals surface area (Å²) in [4.78, 5) is 3.86. The van der Waals surface area contributed by atoms with E-state index < -0.39 is 0 Å². The van der Waals surface area contributed by atoms with Crippen LogP contribution in [0.5, 0.6) is 0 Å². The SMILES string of the molecule is Cc1cc(Cl)nc(Cl)c1C. The molecule has 0 aliphatic carbocycles. The van der Waals surface area contributed by atoms with Crippen LogP contribution in [-0.2, 0) is 0 Å². The number of rotatable bonds is 0. The van der Waals surface area contributed by atoms with Crippen molar-refractivity contribution < 1.29 is 0 Å². The normalized spacial score (nSPS) is 10.0. The van der Waals surface area contributed by atoms with Crippen molar-refractivity contribution in [2.45, 2.75) is 13.8 Å². The second-order valence-corrected chi connectivity index (χ2v) is 2.92. The van der Waals surface area contributed by atoms with Crippen LogP contribution in [0.4, 0.5) is 0 Å². The van der Waals surface area contributed by atoms with E-state index in [2.05, 4.69) is 4.98 Å². The Morgan fingerprint density at radius 3 is 2.40 bits per heavy atom. The first-order valence-corrected chi connectivity index (χ1v) is 3.66. The molecule has 0 amide bonds. The molecule has 0 fully saturated rings. The summed E-state index contributed by atoms with van der Waals surface area (Å²) >= 11 is 11.4. The first kappa shape index (κ1) is 7.83. The van der Waals surface area contributed by atoms with Gasteiger partial charge in [0.25, 0.3) is 0 Å². The summed E-state index contributed by atoms with van der Waals surface area (Å²) in [5.74, 6) is 0.